The highest BCUT2D eigenvalue weighted by atomic mass is 28.2. The highest BCUT2D eigenvalue weighted by Gasteiger charge is 2.54. The van der Waals surface area contributed by atoms with Crippen LogP contribution in [-0.4, -0.2) is 49.0 Å². The molecule has 3 unspecified atom stereocenters. The Morgan fingerprint density at radius 1 is 1.04 bits per heavy atom. The van der Waals surface area contributed by atoms with E-state index in [9.17, 15) is 14.4 Å². The van der Waals surface area contributed by atoms with Crippen LogP contribution in [0.25, 0.3) is 0 Å². The fourth-order valence-corrected chi connectivity index (χ4v) is 4.42. The van der Waals surface area contributed by atoms with Crippen LogP contribution < -0.4 is 0 Å². The van der Waals surface area contributed by atoms with Crippen molar-refractivity contribution in [3.8, 4) is 0 Å². The van der Waals surface area contributed by atoms with Crippen LogP contribution in [0.1, 0.15) is 55.3 Å². The number of imide groups is 1. The number of amides is 3. The largest absolute Gasteiger partial charge is 0.363 e. The number of carbonyl (C=O) groups excluding carboxylic acids is 3. The number of benzene rings is 1. The second kappa shape index (κ2) is 5.55. The molecule has 0 aliphatic carbocycles. The fourth-order valence-electron chi connectivity index (χ4n) is 2.98. The van der Waals surface area contributed by atoms with Crippen molar-refractivity contribution in [1.29, 1.82) is 0 Å². The molecular weight excluding hydrogens is 320 g/mol. The molecule has 3 rings (SSSR count). The van der Waals surface area contributed by atoms with Crippen LogP contribution in [0, 0.1) is 5.41 Å². The van der Waals surface area contributed by atoms with E-state index in [2.05, 4.69) is 27.7 Å². The molecule has 1 saturated heterocycles. The van der Waals surface area contributed by atoms with Crippen LogP contribution in [0.2, 0.25) is 5.54 Å². The first-order chi connectivity index (χ1) is 11.1. The molecule has 2 heterocycles. The number of carbonyl (C=O) groups is 3. The van der Waals surface area contributed by atoms with Crippen LogP contribution >= 0.6 is 0 Å². The Morgan fingerprint density at radius 3 is 1.96 bits per heavy atom. The highest BCUT2D eigenvalue weighted by molar-refractivity contribution is 6.41. The van der Waals surface area contributed by atoms with Gasteiger partial charge in [0.1, 0.15) is 6.04 Å². The highest BCUT2D eigenvalue weighted by Crippen LogP contribution is 2.36. The third-order valence-corrected chi connectivity index (χ3v) is 7.25. The van der Waals surface area contributed by atoms with Gasteiger partial charge in [0, 0.05) is 0 Å². The summed E-state index contributed by atoms with van der Waals surface area (Å²) in [4.78, 5) is 38.9. The summed E-state index contributed by atoms with van der Waals surface area (Å²) < 4.78 is 1.81. The van der Waals surface area contributed by atoms with E-state index in [-0.39, 0.29) is 29.2 Å². The van der Waals surface area contributed by atoms with Crippen LogP contribution in [0.3, 0.4) is 0 Å². The Labute approximate surface area is 144 Å². The van der Waals surface area contributed by atoms with Crippen molar-refractivity contribution in [3.63, 3.8) is 0 Å². The van der Waals surface area contributed by atoms with Gasteiger partial charge in [0.15, 0.2) is 9.68 Å². The Balaban J connectivity index is 1.78. The molecule has 3 atom stereocenters. The van der Waals surface area contributed by atoms with E-state index in [1.807, 2.05) is 11.5 Å². The topological polar surface area (TPSA) is 57.7 Å². The molecule has 0 bridgehead atoms. The van der Waals surface area contributed by atoms with Crippen LogP contribution in [0.15, 0.2) is 24.3 Å². The SMILES string of the molecule is CC1C(N2C(=O)c3ccccc3C2=O)C(=O)N1[Si]C(C)C(C)(C)C. The molecule has 6 heteroatoms. The minimum Gasteiger partial charge on any atom is -0.363 e. The van der Waals surface area contributed by atoms with Gasteiger partial charge in [-0.05, 0) is 30.0 Å². The van der Waals surface area contributed by atoms with Crippen molar-refractivity contribution in [2.45, 2.75) is 52.2 Å². The smallest absolute Gasteiger partial charge is 0.262 e. The van der Waals surface area contributed by atoms with Gasteiger partial charge in [-0.25, -0.2) is 0 Å². The van der Waals surface area contributed by atoms with Crippen molar-refractivity contribution in [1.82, 2.24) is 9.47 Å². The van der Waals surface area contributed by atoms with Gasteiger partial charge in [-0.2, -0.15) is 0 Å². The summed E-state index contributed by atoms with van der Waals surface area (Å²) in [5.74, 6) is -0.827. The third-order valence-electron chi connectivity index (χ3n) is 5.09. The minimum absolute atomic E-state index is 0.110. The summed E-state index contributed by atoms with van der Waals surface area (Å²) in [6.45, 7) is 10.5. The first-order valence-electron chi connectivity index (χ1n) is 8.20. The first kappa shape index (κ1) is 16.9. The van der Waals surface area contributed by atoms with E-state index in [1.165, 1.54) is 0 Å². The number of nitrogens with zero attached hydrogens (tertiary/aromatic N) is 2. The summed E-state index contributed by atoms with van der Waals surface area (Å²) >= 11 is 0. The lowest BCUT2D eigenvalue weighted by molar-refractivity contribution is -0.145. The number of hydrogen-bond acceptors (Lipinski definition) is 3. The lowest BCUT2D eigenvalue weighted by Crippen LogP contribution is -2.71. The molecule has 126 valence electrons. The molecule has 0 N–H and O–H groups in total. The van der Waals surface area contributed by atoms with Gasteiger partial charge in [-0.3, -0.25) is 19.3 Å². The van der Waals surface area contributed by atoms with E-state index < -0.39 is 6.04 Å². The molecule has 0 saturated carbocycles. The Kier molecular flexibility index (Phi) is 3.90. The van der Waals surface area contributed by atoms with Gasteiger partial charge < -0.3 is 4.57 Å². The molecule has 2 radical (unpaired) electrons. The van der Waals surface area contributed by atoms with Crippen molar-refractivity contribution < 1.29 is 14.4 Å². The first-order valence-corrected chi connectivity index (χ1v) is 9.23. The normalized spacial score (nSPS) is 25.0. The van der Waals surface area contributed by atoms with E-state index in [0.717, 1.165) is 4.90 Å². The molecule has 3 amide bonds. The second-order valence-corrected chi connectivity index (χ2v) is 9.24. The van der Waals surface area contributed by atoms with E-state index >= 15 is 0 Å². The summed E-state index contributed by atoms with van der Waals surface area (Å²) in [5, 5.41) is 0. The zero-order valence-corrected chi connectivity index (χ0v) is 15.7. The molecule has 1 fully saturated rings. The van der Waals surface area contributed by atoms with Gasteiger partial charge in [-0.15, -0.1) is 0 Å². The summed E-state index contributed by atoms with van der Waals surface area (Å²) in [7, 11) is 0.358. The number of β-lactam (4-membered cyclic amide) rings is 1. The molecule has 1 aromatic rings. The Morgan fingerprint density at radius 2 is 1.54 bits per heavy atom. The molecular formula is C18H22N2O3Si. The zero-order valence-electron chi connectivity index (χ0n) is 14.7. The molecule has 5 nitrogen and oxygen atoms in total. The van der Waals surface area contributed by atoms with Crippen molar-refractivity contribution >= 4 is 27.4 Å². The molecule has 0 aromatic heterocycles. The predicted octanol–water partition coefficient (Wildman–Crippen LogP) is 2.36. The van der Waals surface area contributed by atoms with Crippen molar-refractivity contribution in [3.05, 3.63) is 35.4 Å². The molecule has 2 aliphatic rings. The molecule has 24 heavy (non-hydrogen) atoms. The number of rotatable bonds is 3. The number of hydrogen-bond donors (Lipinski definition) is 0. The quantitative estimate of drug-likeness (QED) is 0.481. The maximum atomic E-state index is 12.7. The molecule has 0 spiro atoms. The predicted molar refractivity (Wildman–Crippen MR) is 91.7 cm³/mol. The van der Waals surface area contributed by atoms with Crippen LogP contribution in [-0.2, 0) is 4.79 Å². The fraction of sp³-hybridized carbons (Fsp3) is 0.500. The van der Waals surface area contributed by atoms with E-state index in [0.29, 0.717) is 26.3 Å². The summed E-state index contributed by atoms with van der Waals surface area (Å²) in [6, 6.07) is 5.95. The Hall–Kier alpha value is -1.95. The zero-order chi connectivity index (χ0) is 17.8. The third kappa shape index (κ3) is 2.40. The average molecular weight is 342 g/mol. The van der Waals surface area contributed by atoms with Crippen LogP contribution in [0.5, 0.6) is 0 Å². The van der Waals surface area contributed by atoms with E-state index in [4.69, 9.17) is 0 Å². The van der Waals surface area contributed by atoms with Crippen molar-refractivity contribution in [2.75, 3.05) is 0 Å². The monoisotopic (exact) mass is 342 g/mol. The minimum atomic E-state index is -0.669. The van der Waals surface area contributed by atoms with Gasteiger partial charge in [0.25, 0.3) is 11.8 Å². The maximum absolute atomic E-state index is 12.7. The van der Waals surface area contributed by atoms with E-state index in [1.54, 1.807) is 24.3 Å². The standard InChI is InChI=1S/C18H22N2O3Si/c1-10-14(17(23)20(10)24-11(2)18(3,4)5)19-15(21)12-8-6-7-9-13(12)16(19)22/h6-11,14H,1-5H3. The van der Waals surface area contributed by atoms with Crippen molar-refractivity contribution in [2.24, 2.45) is 5.41 Å². The van der Waals surface area contributed by atoms with Gasteiger partial charge in [0.2, 0.25) is 5.91 Å². The summed E-state index contributed by atoms with van der Waals surface area (Å²) in [5.41, 5.74) is 1.25. The Bertz CT molecular complexity index is 690. The van der Waals surface area contributed by atoms with Gasteiger partial charge in [0.05, 0.1) is 17.2 Å². The van der Waals surface area contributed by atoms with Gasteiger partial charge in [-0.1, -0.05) is 39.8 Å². The second-order valence-electron chi connectivity index (χ2n) is 7.64. The maximum Gasteiger partial charge on any atom is 0.262 e. The number of fused-ring (bicyclic) bond motifs is 1. The lowest BCUT2D eigenvalue weighted by Gasteiger charge is -2.50. The van der Waals surface area contributed by atoms with Gasteiger partial charge >= 0.3 is 0 Å². The summed E-state index contributed by atoms with van der Waals surface area (Å²) in [6.07, 6.45) is 0. The molecule has 1 aromatic carbocycles. The van der Waals surface area contributed by atoms with Crippen LogP contribution in [0.4, 0.5) is 0 Å². The average Bonchev–Trinajstić information content (AvgIpc) is 2.77. The lowest BCUT2D eigenvalue weighted by atomic mass is 9.93. The molecule has 2 aliphatic heterocycles.